The normalized spacial score (nSPS) is 17.8. The number of carbonyl (C=O) groups is 1. The van der Waals surface area contributed by atoms with E-state index in [1.165, 1.54) is 24.7 Å². The lowest BCUT2D eigenvalue weighted by molar-refractivity contribution is 0.0622. The maximum atomic E-state index is 13.0. The molecule has 1 aromatic heterocycles. The molecule has 3 rings (SSSR count). The summed E-state index contributed by atoms with van der Waals surface area (Å²) in [5.74, 6) is -0.303. The minimum absolute atomic E-state index is 0.117. The van der Waals surface area contributed by atoms with Crippen molar-refractivity contribution < 1.29 is 4.79 Å². The molecule has 7 heteroatoms. The van der Waals surface area contributed by atoms with Gasteiger partial charge in [0.1, 0.15) is 5.69 Å². The third-order valence-corrected chi connectivity index (χ3v) is 4.43. The molecule has 0 spiro atoms. The second-order valence-corrected chi connectivity index (χ2v) is 5.90. The Morgan fingerprint density at radius 2 is 1.83 bits per heavy atom. The SMILES string of the molecule is Cn1c(C(=O)N2CCNC[C@H]2c2ccccc2)cc(=O)n(C)c1=O. The highest BCUT2D eigenvalue weighted by Gasteiger charge is 2.30. The molecule has 1 fully saturated rings. The molecular weight excluding hydrogens is 308 g/mol. The van der Waals surface area contributed by atoms with Crippen molar-refractivity contribution in [3.63, 3.8) is 0 Å². The van der Waals surface area contributed by atoms with Crippen LogP contribution in [0.15, 0.2) is 46.0 Å². The Bertz CT molecular complexity index is 870. The van der Waals surface area contributed by atoms with Gasteiger partial charge in [-0.3, -0.25) is 18.7 Å². The highest BCUT2D eigenvalue weighted by atomic mass is 16.2. The van der Waals surface area contributed by atoms with Crippen LogP contribution in [0.25, 0.3) is 0 Å². The number of nitrogens with one attached hydrogen (secondary N) is 1. The van der Waals surface area contributed by atoms with E-state index in [-0.39, 0.29) is 17.6 Å². The zero-order valence-corrected chi connectivity index (χ0v) is 13.7. The highest BCUT2D eigenvalue weighted by molar-refractivity contribution is 5.92. The minimum Gasteiger partial charge on any atom is -0.328 e. The Kier molecular flexibility index (Phi) is 4.35. The van der Waals surface area contributed by atoms with Crippen molar-refractivity contribution in [1.82, 2.24) is 19.4 Å². The summed E-state index contributed by atoms with van der Waals surface area (Å²) in [4.78, 5) is 38.7. The van der Waals surface area contributed by atoms with Crippen LogP contribution in [-0.2, 0) is 14.1 Å². The summed E-state index contributed by atoms with van der Waals surface area (Å²) in [6.45, 7) is 1.82. The lowest BCUT2D eigenvalue weighted by atomic mass is 10.0. The summed E-state index contributed by atoms with van der Waals surface area (Å²) in [6, 6.07) is 10.8. The van der Waals surface area contributed by atoms with Gasteiger partial charge in [-0.25, -0.2) is 4.79 Å². The quantitative estimate of drug-likeness (QED) is 0.833. The fourth-order valence-corrected chi connectivity index (χ4v) is 3.01. The second kappa shape index (κ2) is 6.45. The number of carbonyl (C=O) groups excluding carboxylic acids is 1. The van der Waals surface area contributed by atoms with Crippen LogP contribution in [0.3, 0.4) is 0 Å². The third kappa shape index (κ3) is 2.78. The summed E-state index contributed by atoms with van der Waals surface area (Å²) < 4.78 is 2.22. The first-order chi connectivity index (χ1) is 11.5. The Morgan fingerprint density at radius 1 is 1.12 bits per heavy atom. The van der Waals surface area contributed by atoms with Gasteiger partial charge in [0.15, 0.2) is 0 Å². The van der Waals surface area contributed by atoms with Gasteiger partial charge in [0.05, 0.1) is 6.04 Å². The first-order valence-electron chi connectivity index (χ1n) is 7.84. The van der Waals surface area contributed by atoms with Crippen LogP contribution in [0.4, 0.5) is 0 Å². The largest absolute Gasteiger partial charge is 0.331 e. The molecule has 1 aromatic carbocycles. The lowest BCUT2D eigenvalue weighted by Gasteiger charge is -2.36. The number of hydrogen-bond donors (Lipinski definition) is 1. The molecule has 0 bridgehead atoms. The molecular formula is C17H20N4O3. The monoisotopic (exact) mass is 328 g/mol. The Labute approximate surface area is 139 Å². The molecule has 2 heterocycles. The molecule has 1 aliphatic heterocycles. The number of aromatic nitrogens is 2. The van der Waals surface area contributed by atoms with E-state index in [0.29, 0.717) is 19.6 Å². The molecule has 0 aliphatic carbocycles. The Morgan fingerprint density at radius 3 is 2.54 bits per heavy atom. The zero-order chi connectivity index (χ0) is 17.3. The molecule has 1 aliphatic rings. The molecule has 7 nitrogen and oxygen atoms in total. The topological polar surface area (TPSA) is 76.3 Å². The number of nitrogens with zero attached hydrogens (tertiary/aromatic N) is 3. The summed E-state index contributed by atoms with van der Waals surface area (Å²) in [6.07, 6.45) is 0. The summed E-state index contributed by atoms with van der Waals surface area (Å²) in [7, 11) is 2.91. The average molecular weight is 328 g/mol. The van der Waals surface area contributed by atoms with Crippen LogP contribution in [0.2, 0.25) is 0 Å². The van der Waals surface area contributed by atoms with E-state index in [2.05, 4.69) is 5.32 Å². The molecule has 0 saturated carbocycles. The maximum absolute atomic E-state index is 13.0. The van der Waals surface area contributed by atoms with Gasteiger partial charge in [-0.2, -0.15) is 0 Å². The van der Waals surface area contributed by atoms with Crippen LogP contribution in [0, 0.1) is 0 Å². The summed E-state index contributed by atoms with van der Waals surface area (Å²) in [5, 5.41) is 3.29. The third-order valence-electron chi connectivity index (χ3n) is 4.43. The second-order valence-electron chi connectivity index (χ2n) is 5.90. The van der Waals surface area contributed by atoms with Crippen LogP contribution in [0.1, 0.15) is 22.1 Å². The van der Waals surface area contributed by atoms with Crippen LogP contribution < -0.4 is 16.6 Å². The van der Waals surface area contributed by atoms with Crippen molar-refractivity contribution in [1.29, 1.82) is 0 Å². The van der Waals surface area contributed by atoms with Crippen LogP contribution in [-0.4, -0.2) is 39.6 Å². The van der Waals surface area contributed by atoms with Crippen molar-refractivity contribution >= 4 is 5.91 Å². The van der Waals surface area contributed by atoms with Gasteiger partial charge >= 0.3 is 5.69 Å². The zero-order valence-electron chi connectivity index (χ0n) is 13.7. The van der Waals surface area contributed by atoms with Crippen molar-refractivity contribution in [3.05, 3.63) is 68.5 Å². The van der Waals surface area contributed by atoms with Gasteiger partial charge in [0.25, 0.3) is 11.5 Å². The smallest absolute Gasteiger partial charge is 0.328 e. The van der Waals surface area contributed by atoms with Gasteiger partial charge in [0.2, 0.25) is 0 Å². The molecule has 1 atom stereocenters. The maximum Gasteiger partial charge on any atom is 0.331 e. The number of piperazine rings is 1. The fraction of sp³-hybridized carbons (Fsp3) is 0.353. The molecule has 0 radical (unpaired) electrons. The van der Waals surface area contributed by atoms with E-state index in [1.54, 1.807) is 4.90 Å². The molecule has 126 valence electrons. The van der Waals surface area contributed by atoms with Crippen molar-refractivity contribution in [3.8, 4) is 0 Å². The van der Waals surface area contributed by atoms with E-state index in [1.807, 2.05) is 30.3 Å². The number of hydrogen-bond acceptors (Lipinski definition) is 4. The van der Waals surface area contributed by atoms with E-state index >= 15 is 0 Å². The minimum atomic E-state index is -0.503. The predicted octanol–water partition coefficient (Wildman–Crippen LogP) is -0.129. The van der Waals surface area contributed by atoms with Gasteiger partial charge < -0.3 is 10.2 Å². The first kappa shape index (κ1) is 16.2. The molecule has 1 amide bonds. The Hall–Kier alpha value is -2.67. The molecule has 1 N–H and O–H groups in total. The van der Waals surface area contributed by atoms with E-state index in [9.17, 15) is 14.4 Å². The predicted molar refractivity (Wildman–Crippen MR) is 90.0 cm³/mol. The van der Waals surface area contributed by atoms with Crippen molar-refractivity contribution in [2.45, 2.75) is 6.04 Å². The summed E-state index contributed by atoms with van der Waals surface area (Å²) >= 11 is 0. The van der Waals surface area contributed by atoms with Crippen molar-refractivity contribution in [2.24, 2.45) is 14.1 Å². The van der Waals surface area contributed by atoms with Gasteiger partial charge in [-0.05, 0) is 5.56 Å². The number of benzene rings is 1. The summed E-state index contributed by atoms with van der Waals surface area (Å²) in [5.41, 5.74) is 0.155. The molecule has 1 saturated heterocycles. The lowest BCUT2D eigenvalue weighted by Crippen LogP contribution is -2.50. The van der Waals surface area contributed by atoms with Gasteiger partial charge in [-0.1, -0.05) is 30.3 Å². The van der Waals surface area contributed by atoms with E-state index in [0.717, 1.165) is 10.1 Å². The number of rotatable bonds is 2. The fourth-order valence-electron chi connectivity index (χ4n) is 3.01. The van der Waals surface area contributed by atoms with Gasteiger partial charge in [-0.15, -0.1) is 0 Å². The van der Waals surface area contributed by atoms with Crippen molar-refractivity contribution in [2.75, 3.05) is 19.6 Å². The standard InChI is InChI=1S/C17H20N4O3/c1-19-13(10-15(22)20(2)17(19)24)16(23)21-9-8-18-11-14(21)12-6-4-3-5-7-12/h3-7,10,14,18H,8-9,11H2,1-2H3/t14-/m0/s1. The van der Waals surface area contributed by atoms with Crippen LogP contribution >= 0.6 is 0 Å². The first-order valence-corrected chi connectivity index (χ1v) is 7.84. The van der Waals surface area contributed by atoms with E-state index < -0.39 is 11.2 Å². The molecule has 2 aromatic rings. The molecule has 0 unspecified atom stereocenters. The molecule has 24 heavy (non-hydrogen) atoms. The van der Waals surface area contributed by atoms with E-state index in [4.69, 9.17) is 0 Å². The Balaban J connectivity index is 2.02. The van der Waals surface area contributed by atoms with Gasteiger partial charge in [0, 0.05) is 39.8 Å². The van der Waals surface area contributed by atoms with Crippen LogP contribution in [0.5, 0.6) is 0 Å². The average Bonchev–Trinajstić information content (AvgIpc) is 2.63. The highest BCUT2D eigenvalue weighted by Crippen LogP contribution is 2.23. The number of amides is 1.